The first-order valence-corrected chi connectivity index (χ1v) is 6.20. The molecule has 1 aromatic carbocycles. The van der Waals surface area contributed by atoms with Crippen molar-refractivity contribution in [3.05, 3.63) is 47.5 Å². The minimum absolute atomic E-state index is 0.322. The van der Waals surface area contributed by atoms with Crippen LogP contribution in [0, 0.1) is 0 Å². The molecule has 1 aromatic heterocycles. The van der Waals surface area contributed by atoms with Gasteiger partial charge in [0.2, 0.25) is 0 Å². The summed E-state index contributed by atoms with van der Waals surface area (Å²) in [6, 6.07) is 3.69. The van der Waals surface area contributed by atoms with Gasteiger partial charge in [0, 0.05) is 30.7 Å². The van der Waals surface area contributed by atoms with E-state index in [9.17, 15) is 18.0 Å². The van der Waals surface area contributed by atoms with E-state index < -0.39 is 17.5 Å². The van der Waals surface area contributed by atoms with Gasteiger partial charge in [-0.15, -0.1) is 0 Å². The predicted octanol–water partition coefficient (Wildman–Crippen LogP) is 3.27. The molecule has 0 spiro atoms. The number of nitrogens with zero attached hydrogens (tertiary/aromatic N) is 2. The van der Waals surface area contributed by atoms with Crippen molar-refractivity contribution in [2.45, 2.75) is 19.6 Å². The molecule has 0 aliphatic carbocycles. The first-order chi connectivity index (χ1) is 9.79. The Labute approximate surface area is 119 Å². The fraction of sp³-hybridized carbons (Fsp3) is 0.286. The summed E-state index contributed by atoms with van der Waals surface area (Å²) in [5.74, 6) is 0.0317. The molecule has 0 atom stereocenters. The van der Waals surface area contributed by atoms with Gasteiger partial charge >= 0.3 is 6.18 Å². The standard InChI is InChI=1S/C14H14F3N3O/c1-9(21)11-4-3-10(7-12(11)14(15,16)17)20(2)8-13-18-5-6-19-13/h3-7H,8H2,1-2H3,(H,18,19). The lowest BCUT2D eigenvalue weighted by molar-refractivity contribution is -0.137. The zero-order valence-corrected chi connectivity index (χ0v) is 11.5. The Morgan fingerprint density at radius 1 is 1.38 bits per heavy atom. The van der Waals surface area contributed by atoms with Gasteiger partial charge in [-0.3, -0.25) is 4.79 Å². The summed E-state index contributed by atoms with van der Waals surface area (Å²) in [4.78, 5) is 19.9. The predicted molar refractivity (Wildman–Crippen MR) is 72.1 cm³/mol. The third kappa shape index (κ3) is 3.42. The molecule has 112 valence electrons. The van der Waals surface area contributed by atoms with Crippen LogP contribution in [0.1, 0.15) is 28.7 Å². The number of aromatic nitrogens is 2. The number of anilines is 1. The summed E-state index contributed by atoms with van der Waals surface area (Å²) >= 11 is 0. The van der Waals surface area contributed by atoms with E-state index in [-0.39, 0.29) is 5.56 Å². The van der Waals surface area contributed by atoms with Gasteiger partial charge in [0.05, 0.1) is 12.1 Å². The fourth-order valence-corrected chi connectivity index (χ4v) is 2.01. The van der Waals surface area contributed by atoms with Crippen molar-refractivity contribution in [1.82, 2.24) is 9.97 Å². The molecular formula is C14H14F3N3O. The number of alkyl halides is 3. The second-order valence-corrected chi connectivity index (χ2v) is 4.68. The number of aromatic amines is 1. The average Bonchev–Trinajstić information content (AvgIpc) is 2.89. The van der Waals surface area contributed by atoms with E-state index in [1.165, 1.54) is 12.1 Å². The Morgan fingerprint density at radius 2 is 2.10 bits per heavy atom. The first-order valence-electron chi connectivity index (χ1n) is 6.20. The number of nitrogens with one attached hydrogen (secondary N) is 1. The first kappa shape index (κ1) is 15.1. The van der Waals surface area contributed by atoms with Gasteiger partial charge in [0.25, 0.3) is 0 Å². The third-order valence-electron chi connectivity index (χ3n) is 3.07. The smallest absolute Gasteiger partial charge is 0.367 e. The van der Waals surface area contributed by atoms with Crippen molar-refractivity contribution < 1.29 is 18.0 Å². The highest BCUT2D eigenvalue weighted by molar-refractivity contribution is 5.96. The molecule has 1 heterocycles. The molecule has 0 bridgehead atoms. The molecule has 1 N–H and O–H groups in total. The molecule has 0 saturated carbocycles. The Bertz CT molecular complexity index is 635. The van der Waals surface area contributed by atoms with Crippen molar-refractivity contribution in [2.24, 2.45) is 0 Å². The zero-order valence-electron chi connectivity index (χ0n) is 11.5. The molecular weight excluding hydrogens is 283 g/mol. The highest BCUT2D eigenvalue weighted by Gasteiger charge is 2.35. The van der Waals surface area contributed by atoms with Gasteiger partial charge in [0.1, 0.15) is 5.82 Å². The summed E-state index contributed by atoms with van der Waals surface area (Å²) in [6.45, 7) is 1.46. The maximum atomic E-state index is 13.0. The molecule has 0 radical (unpaired) electrons. The van der Waals surface area contributed by atoms with Crippen LogP contribution in [0.5, 0.6) is 0 Å². The van der Waals surface area contributed by atoms with Crippen LogP contribution < -0.4 is 4.90 Å². The number of rotatable bonds is 4. The Morgan fingerprint density at radius 3 is 2.62 bits per heavy atom. The van der Waals surface area contributed by atoms with E-state index in [1.807, 2.05) is 0 Å². The summed E-state index contributed by atoms with van der Waals surface area (Å²) in [5.41, 5.74) is -0.875. The summed E-state index contributed by atoms with van der Waals surface area (Å²) in [7, 11) is 1.66. The molecule has 7 heteroatoms. The average molecular weight is 297 g/mol. The van der Waals surface area contributed by atoms with Gasteiger partial charge in [-0.1, -0.05) is 0 Å². The largest absolute Gasteiger partial charge is 0.417 e. The van der Waals surface area contributed by atoms with Crippen molar-refractivity contribution >= 4 is 11.5 Å². The lowest BCUT2D eigenvalue weighted by atomic mass is 10.0. The van der Waals surface area contributed by atoms with E-state index >= 15 is 0 Å². The number of H-pyrrole nitrogens is 1. The molecule has 21 heavy (non-hydrogen) atoms. The topological polar surface area (TPSA) is 49.0 Å². The molecule has 0 aliphatic rings. The van der Waals surface area contributed by atoms with Crippen LogP contribution in [0.2, 0.25) is 0 Å². The number of ketones is 1. The Kier molecular flexibility index (Phi) is 4.02. The minimum atomic E-state index is -4.57. The maximum absolute atomic E-state index is 13.0. The van der Waals surface area contributed by atoms with Crippen LogP contribution in [0.4, 0.5) is 18.9 Å². The molecule has 0 saturated heterocycles. The molecule has 0 fully saturated rings. The van der Waals surface area contributed by atoms with Crippen LogP contribution in [-0.4, -0.2) is 22.8 Å². The van der Waals surface area contributed by atoms with Crippen LogP contribution in [0.15, 0.2) is 30.6 Å². The van der Waals surface area contributed by atoms with E-state index in [1.54, 1.807) is 24.3 Å². The van der Waals surface area contributed by atoms with E-state index in [4.69, 9.17) is 0 Å². The van der Waals surface area contributed by atoms with Crippen molar-refractivity contribution in [1.29, 1.82) is 0 Å². The van der Waals surface area contributed by atoms with Crippen molar-refractivity contribution in [2.75, 3.05) is 11.9 Å². The second-order valence-electron chi connectivity index (χ2n) is 4.68. The number of Topliss-reactive ketones (excluding diaryl/α,β-unsaturated/α-hetero) is 1. The summed E-state index contributed by atoms with van der Waals surface area (Å²) in [6.07, 6.45) is -1.35. The van der Waals surface area contributed by atoms with E-state index in [2.05, 4.69) is 9.97 Å². The number of halogens is 3. The summed E-state index contributed by atoms with van der Waals surface area (Å²) in [5, 5.41) is 0. The second kappa shape index (κ2) is 5.59. The zero-order chi connectivity index (χ0) is 15.6. The number of carbonyl (C=O) groups excluding carboxylic acids is 1. The quantitative estimate of drug-likeness (QED) is 0.881. The SMILES string of the molecule is CC(=O)c1ccc(N(C)Cc2ncc[nH]2)cc1C(F)(F)F. The maximum Gasteiger partial charge on any atom is 0.417 e. The van der Waals surface area contributed by atoms with Crippen LogP contribution in [-0.2, 0) is 12.7 Å². The number of benzene rings is 1. The lowest BCUT2D eigenvalue weighted by Gasteiger charge is -2.20. The van der Waals surface area contributed by atoms with Crippen LogP contribution in [0.3, 0.4) is 0 Å². The number of hydrogen-bond donors (Lipinski definition) is 1. The highest BCUT2D eigenvalue weighted by atomic mass is 19.4. The molecule has 4 nitrogen and oxygen atoms in total. The Balaban J connectivity index is 2.35. The van der Waals surface area contributed by atoms with Crippen molar-refractivity contribution in [3.8, 4) is 0 Å². The van der Waals surface area contributed by atoms with Gasteiger partial charge in [-0.05, 0) is 25.1 Å². The number of hydrogen-bond acceptors (Lipinski definition) is 3. The van der Waals surface area contributed by atoms with Gasteiger partial charge < -0.3 is 9.88 Å². The van der Waals surface area contributed by atoms with Gasteiger partial charge in [-0.25, -0.2) is 4.98 Å². The van der Waals surface area contributed by atoms with Gasteiger partial charge in [0.15, 0.2) is 5.78 Å². The molecule has 2 aromatic rings. The number of imidazole rings is 1. The lowest BCUT2D eigenvalue weighted by Crippen LogP contribution is -2.19. The molecule has 0 aliphatic heterocycles. The molecule has 0 amide bonds. The van der Waals surface area contributed by atoms with E-state index in [0.717, 1.165) is 13.0 Å². The van der Waals surface area contributed by atoms with Crippen molar-refractivity contribution in [3.63, 3.8) is 0 Å². The highest BCUT2D eigenvalue weighted by Crippen LogP contribution is 2.34. The normalized spacial score (nSPS) is 11.5. The van der Waals surface area contributed by atoms with Crippen LogP contribution in [0.25, 0.3) is 0 Å². The van der Waals surface area contributed by atoms with Gasteiger partial charge in [-0.2, -0.15) is 13.2 Å². The van der Waals surface area contributed by atoms with E-state index in [0.29, 0.717) is 18.1 Å². The Hall–Kier alpha value is -2.31. The van der Waals surface area contributed by atoms with Crippen LogP contribution >= 0.6 is 0 Å². The fourth-order valence-electron chi connectivity index (χ4n) is 2.01. The monoisotopic (exact) mass is 297 g/mol. The third-order valence-corrected chi connectivity index (χ3v) is 3.07. The minimum Gasteiger partial charge on any atom is -0.367 e. The molecule has 2 rings (SSSR count). The summed E-state index contributed by atoms with van der Waals surface area (Å²) < 4.78 is 39.1. The molecule has 0 unspecified atom stereocenters. The number of carbonyl (C=O) groups is 1.